The molecule has 166 valence electrons. The van der Waals surface area contributed by atoms with Gasteiger partial charge in [-0.3, -0.25) is 24.7 Å². The summed E-state index contributed by atoms with van der Waals surface area (Å²) in [5.41, 5.74) is 3.47. The van der Waals surface area contributed by atoms with Gasteiger partial charge in [0.25, 0.3) is 12.3 Å². The van der Waals surface area contributed by atoms with Crippen molar-refractivity contribution >= 4 is 23.4 Å². The SMILES string of the molecule is O=C(NC1CCN(CC(F)F)CC1)c1cccc(N2NC(=O)C3CC=CCC3C2=O)c1. The maximum absolute atomic E-state index is 12.9. The van der Waals surface area contributed by atoms with Crippen LogP contribution in [-0.4, -0.2) is 54.7 Å². The zero-order valence-electron chi connectivity index (χ0n) is 17.1. The molecule has 2 heterocycles. The van der Waals surface area contributed by atoms with Crippen molar-refractivity contribution in [1.29, 1.82) is 0 Å². The van der Waals surface area contributed by atoms with E-state index in [4.69, 9.17) is 0 Å². The van der Waals surface area contributed by atoms with Crippen LogP contribution in [0.3, 0.4) is 0 Å². The Morgan fingerprint density at radius 3 is 2.55 bits per heavy atom. The summed E-state index contributed by atoms with van der Waals surface area (Å²) >= 11 is 0. The Morgan fingerprint density at radius 1 is 1.13 bits per heavy atom. The van der Waals surface area contributed by atoms with Gasteiger partial charge in [-0.25, -0.2) is 13.8 Å². The Labute approximate surface area is 179 Å². The standard InChI is InChI=1S/C22H26F2N4O3/c23-19(24)13-27-10-8-15(9-11-27)25-20(29)14-4-3-5-16(12-14)28-22(31)18-7-2-1-6-17(18)21(30)26-28/h1-5,12,15,17-19H,6-11,13H2,(H,25,29)(H,26,30). The fourth-order valence-electron chi connectivity index (χ4n) is 4.49. The van der Waals surface area contributed by atoms with Gasteiger partial charge in [-0.2, -0.15) is 0 Å². The molecule has 0 bridgehead atoms. The number of halogens is 2. The van der Waals surface area contributed by atoms with E-state index in [1.807, 2.05) is 12.2 Å². The molecule has 7 nitrogen and oxygen atoms in total. The third kappa shape index (κ3) is 4.76. The molecule has 0 radical (unpaired) electrons. The number of fused-ring (bicyclic) bond motifs is 1. The highest BCUT2D eigenvalue weighted by Gasteiger charge is 2.42. The third-order valence-electron chi connectivity index (χ3n) is 6.21. The molecule has 1 aromatic rings. The van der Waals surface area contributed by atoms with Gasteiger partial charge in [0.1, 0.15) is 0 Å². The fourth-order valence-corrected chi connectivity index (χ4v) is 4.49. The smallest absolute Gasteiger partial charge is 0.251 e. The van der Waals surface area contributed by atoms with E-state index in [0.29, 0.717) is 50.0 Å². The monoisotopic (exact) mass is 432 g/mol. The molecule has 2 atom stereocenters. The maximum atomic E-state index is 12.9. The second-order valence-corrected chi connectivity index (χ2v) is 8.30. The number of anilines is 1. The van der Waals surface area contributed by atoms with Crippen LogP contribution in [-0.2, 0) is 9.59 Å². The Hall–Kier alpha value is -2.81. The fraction of sp³-hybridized carbons (Fsp3) is 0.500. The van der Waals surface area contributed by atoms with Crippen molar-refractivity contribution in [1.82, 2.24) is 15.6 Å². The van der Waals surface area contributed by atoms with E-state index in [1.165, 1.54) is 5.01 Å². The predicted octanol–water partition coefficient (Wildman–Crippen LogP) is 2.11. The lowest BCUT2D eigenvalue weighted by molar-refractivity contribution is -0.139. The Balaban J connectivity index is 1.40. The summed E-state index contributed by atoms with van der Waals surface area (Å²) in [7, 11) is 0. The zero-order chi connectivity index (χ0) is 22.0. The lowest BCUT2D eigenvalue weighted by Gasteiger charge is -2.38. The van der Waals surface area contributed by atoms with Gasteiger partial charge in [0.15, 0.2) is 0 Å². The van der Waals surface area contributed by atoms with Crippen LogP contribution in [0.15, 0.2) is 36.4 Å². The minimum absolute atomic E-state index is 0.0869. The van der Waals surface area contributed by atoms with Gasteiger partial charge in [0.2, 0.25) is 11.8 Å². The number of carbonyl (C=O) groups excluding carboxylic acids is 3. The van der Waals surface area contributed by atoms with Gasteiger partial charge in [0.05, 0.1) is 24.1 Å². The summed E-state index contributed by atoms with van der Waals surface area (Å²) in [5.74, 6) is -1.41. The highest BCUT2D eigenvalue weighted by Crippen LogP contribution is 2.32. The van der Waals surface area contributed by atoms with Gasteiger partial charge < -0.3 is 5.32 Å². The minimum atomic E-state index is -2.35. The molecule has 2 unspecified atom stereocenters. The first-order chi connectivity index (χ1) is 14.9. The Bertz CT molecular complexity index is 883. The summed E-state index contributed by atoms with van der Waals surface area (Å²) in [5, 5.41) is 4.19. The lowest BCUT2D eigenvalue weighted by Crippen LogP contribution is -2.59. The number of hydrazine groups is 1. The minimum Gasteiger partial charge on any atom is -0.349 e. The van der Waals surface area contributed by atoms with Crippen molar-refractivity contribution in [2.45, 2.75) is 38.2 Å². The molecule has 9 heteroatoms. The molecule has 2 N–H and O–H groups in total. The molecular weight excluding hydrogens is 406 g/mol. The number of carbonyl (C=O) groups is 3. The number of benzene rings is 1. The molecule has 1 aromatic carbocycles. The summed E-state index contributed by atoms with van der Waals surface area (Å²) in [6.07, 6.45) is 3.78. The number of rotatable bonds is 5. The molecular formula is C22H26F2N4O3. The maximum Gasteiger partial charge on any atom is 0.251 e. The normalized spacial score (nSPS) is 24.8. The Kier molecular flexibility index (Phi) is 6.31. The summed E-state index contributed by atoms with van der Waals surface area (Å²) < 4.78 is 25.0. The number of nitrogens with zero attached hydrogens (tertiary/aromatic N) is 2. The topological polar surface area (TPSA) is 81.8 Å². The second-order valence-electron chi connectivity index (χ2n) is 8.30. The van der Waals surface area contributed by atoms with Crippen LogP contribution in [0.5, 0.6) is 0 Å². The quantitative estimate of drug-likeness (QED) is 0.699. The largest absolute Gasteiger partial charge is 0.349 e. The van der Waals surface area contributed by atoms with E-state index >= 15 is 0 Å². The number of piperidine rings is 1. The van der Waals surface area contributed by atoms with Crippen LogP contribution in [0, 0.1) is 11.8 Å². The van der Waals surface area contributed by atoms with Gasteiger partial charge in [-0.05, 0) is 43.9 Å². The predicted molar refractivity (Wildman–Crippen MR) is 110 cm³/mol. The van der Waals surface area contributed by atoms with E-state index in [1.54, 1.807) is 29.2 Å². The van der Waals surface area contributed by atoms with Crippen molar-refractivity contribution in [3.63, 3.8) is 0 Å². The first-order valence-electron chi connectivity index (χ1n) is 10.6. The zero-order valence-corrected chi connectivity index (χ0v) is 17.1. The van der Waals surface area contributed by atoms with E-state index in [-0.39, 0.29) is 36.2 Å². The first kappa shape index (κ1) is 21.4. The molecule has 31 heavy (non-hydrogen) atoms. The van der Waals surface area contributed by atoms with Crippen molar-refractivity contribution in [2.75, 3.05) is 24.6 Å². The summed E-state index contributed by atoms with van der Waals surface area (Å²) in [4.78, 5) is 39.8. The van der Waals surface area contributed by atoms with E-state index in [2.05, 4.69) is 10.7 Å². The van der Waals surface area contributed by atoms with Crippen LogP contribution in [0.4, 0.5) is 14.5 Å². The molecule has 0 aromatic heterocycles. The number of hydrogen-bond acceptors (Lipinski definition) is 4. The van der Waals surface area contributed by atoms with Crippen LogP contribution in [0.25, 0.3) is 0 Å². The molecule has 0 saturated carbocycles. The molecule has 3 aliphatic rings. The number of likely N-dealkylation sites (tertiary alicyclic amines) is 1. The van der Waals surface area contributed by atoms with Gasteiger partial charge in [0, 0.05) is 24.7 Å². The molecule has 4 rings (SSSR count). The van der Waals surface area contributed by atoms with Crippen LogP contribution >= 0.6 is 0 Å². The highest BCUT2D eigenvalue weighted by molar-refractivity contribution is 6.05. The molecule has 1 aliphatic carbocycles. The highest BCUT2D eigenvalue weighted by atomic mass is 19.3. The number of amides is 3. The van der Waals surface area contributed by atoms with Crippen molar-refractivity contribution in [3.05, 3.63) is 42.0 Å². The molecule has 3 amide bonds. The van der Waals surface area contributed by atoms with Crippen LogP contribution < -0.4 is 15.8 Å². The van der Waals surface area contributed by atoms with E-state index in [9.17, 15) is 23.2 Å². The van der Waals surface area contributed by atoms with Crippen molar-refractivity contribution in [2.24, 2.45) is 11.8 Å². The number of hydrogen-bond donors (Lipinski definition) is 2. The van der Waals surface area contributed by atoms with E-state index in [0.717, 1.165) is 0 Å². The van der Waals surface area contributed by atoms with Crippen LogP contribution in [0.2, 0.25) is 0 Å². The Morgan fingerprint density at radius 2 is 1.84 bits per heavy atom. The molecule has 0 spiro atoms. The molecule has 2 fully saturated rings. The number of allylic oxidation sites excluding steroid dienone is 2. The first-order valence-corrected chi connectivity index (χ1v) is 10.6. The third-order valence-corrected chi connectivity index (χ3v) is 6.21. The average Bonchev–Trinajstić information content (AvgIpc) is 2.77. The number of nitrogens with one attached hydrogen (secondary N) is 2. The summed E-state index contributed by atoms with van der Waals surface area (Å²) in [6, 6.07) is 6.49. The summed E-state index contributed by atoms with van der Waals surface area (Å²) in [6.45, 7) is 0.789. The van der Waals surface area contributed by atoms with Crippen molar-refractivity contribution < 1.29 is 23.2 Å². The second kappa shape index (κ2) is 9.13. The van der Waals surface area contributed by atoms with Crippen LogP contribution in [0.1, 0.15) is 36.0 Å². The number of alkyl halides is 2. The van der Waals surface area contributed by atoms with Gasteiger partial charge in [-0.1, -0.05) is 18.2 Å². The van der Waals surface area contributed by atoms with Gasteiger partial charge in [-0.15, -0.1) is 0 Å². The van der Waals surface area contributed by atoms with Crippen molar-refractivity contribution in [3.8, 4) is 0 Å². The molecule has 2 aliphatic heterocycles. The van der Waals surface area contributed by atoms with Gasteiger partial charge >= 0.3 is 0 Å². The van der Waals surface area contributed by atoms with E-state index < -0.39 is 12.3 Å². The average molecular weight is 432 g/mol. The molecule has 2 saturated heterocycles. The lowest BCUT2D eigenvalue weighted by atomic mass is 9.80.